The van der Waals surface area contributed by atoms with Gasteiger partial charge in [-0.25, -0.2) is 15.0 Å². The van der Waals surface area contributed by atoms with Crippen molar-refractivity contribution in [1.82, 2.24) is 19.9 Å². The molecular weight excluding hydrogens is 336 g/mol. The molecule has 2 N–H and O–H groups in total. The zero-order valence-corrected chi connectivity index (χ0v) is 13.1. The van der Waals surface area contributed by atoms with Crippen LogP contribution in [0.25, 0.3) is 11.2 Å². The van der Waals surface area contributed by atoms with Gasteiger partial charge in [0.25, 0.3) is 5.95 Å². The maximum Gasteiger partial charge on any atom is 0.315 e. The van der Waals surface area contributed by atoms with Crippen molar-refractivity contribution in [3.05, 3.63) is 34.1 Å². The standard InChI is InChI=1S/C13H10N6O4S/c1-23-8-3-6(2-7(10(8)20)19(21)22)4-14-13-17-11-9(12(24)18-13)15-5-16-11/h2-5,20H,1H3,(H2,15,16,17,18,24)/b14-4+. The fourth-order valence-electron chi connectivity index (χ4n) is 1.98. The highest BCUT2D eigenvalue weighted by Crippen LogP contribution is 2.36. The molecule has 0 aliphatic rings. The fraction of sp³-hybridized carbons (Fsp3) is 0.0769. The average Bonchev–Trinajstić information content (AvgIpc) is 3.02. The number of nitro groups is 1. The Hall–Kier alpha value is -3.21. The summed E-state index contributed by atoms with van der Waals surface area (Å²) in [5.41, 5.74) is 0.830. The van der Waals surface area contributed by atoms with Gasteiger partial charge in [-0.2, -0.15) is 4.98 Å². The first-order valence-corrected chi connectivity index (χ1v) is 6.94. The van der Waals surface area contributed by atoms with Crippen LogP contribution in [-0.4, -0.2) is 43.3 Å². The van der Waals surface area contributed by atoms with Gasteiger partial charge in [-0.15, -0.1) is 12.6 Å². The van der Waals surface area contributed by atoms with Crippen molar-refractivity contribution in [3.63, 3.8) is 0 Å². The van der Waals surface area contributed by atoms with E-state index in [-0.39, 0.29) is 11.7 Å². The van der Waals surface area contributed by atoms with Crippen molar-refractivity contribution in [2.45, 2.75) is 5.03 Å². The number of aromatic nitrogens is 4. The Morgan fingerprint density at radius 1 is 1.46 bits per heavy atom. The molecule has 0 bridgehead atoms. The number of aromatic amines is 1. The highest BCUT2D eigenvalue weighted by atomic mass is 32.1. The summed E-state index contributed by atoms with van der Waals surface area (Å²) in [7, 11) is 1.29. The van der Waals surface area contributed by atoms with Crippen LogP contribution in [-0.2, 0) is 0 Å². The molecule has 1 aromatic carbocycles. The molecule has 2 heterocycles. The second-order valence-electron chi connectivity index (χ2n) is 4.55. The number of nitrogens with zero attached hydrogens (tertiary/aromatic N) is 5. The highest BCUT2D eigenvalue weighted by Gasteiger charge is 2.19. The van der Waals surface area contributed by atoms with Crippen molar-refractivity contribution in [2.75, 3.05) is 7.11 Å². The van der Waals surface area contributed by atoms with Crippen LogP contribution in [0, 0.1) is 10.1 Å². The maximum atomic E-state index is 11.0. The van der Waals surface area contributed by atoms with E-state index in [2.05, 4.69) is 37.6 Å². The number of rotatable bonds is 4. The largest absolute Gasteiger partial charge is 0.500 e. The lowest BCUT2D eigenvalue weighted by atomic mass is 10.2. The number of benzene rings is 1. The van der Waals surface area contributed by atoms with Gasteiger partial charge in [0.05, 0.1) is 18.4 Å². The summed E-state index contributed by atoms with van der Waals surface area (Å²) in [5, 5.41) is 21.1. The number of methoxy groups -OCH3 is 1. The monoisotopic (exact) mass is 346 g/mol. The molecule has 122 valence electrons. The summed E-state index contributed by atoms with van der Waals surface area (Å²) in [4.78, 5) is 29.4. The number of thiol groups is 1. The first-order chi connectivity index (χ1) is 11.5. The van der Waals surface area contributed by atoms with Crippen LogP contribution >= 0.6 is 12.6 Å². The van der Waals surface area contributed by atoms with Crippen molar-refractivity contribution >= 4 is 41.6 Å². The van der Waals surface area contributed by atoms with Gasteiger partial charge in [0.1, 0.15) is 10.5 Å². The third-order valence-corrected chi connectivity index (χ3v) is 3.38. The third kappa shape index (κ3) is 2.84. The predicted octanol–water partition coefficient (Wildman–Crippen LogP) is 2.01. The van der Waals surface area contributed by atoms with Gasteiger partial charge >= 0.3 is 5.69 Å². The minimum Gasteiger partial charge on any atom is -0.500 e. The lowest BCUT2D eigenvalue weighted by Gasteiger charge is -2.04. The SMILES string of the molecule is COc1cc(/C=N/c2nc(S)c3nc[nH]c3n2)cc([N+](=O)[O-])c1O. The predicted molar refractivity (Wildman–Crippen MR) is 87.5 cm³/mol. The summed E-state index contributed by atoms with van der Waals surface area (Å²) >= 11 is 4.20. The van der Waals surface area contributed by atoms with Crippen LogP contribution in [0.4, 0.5) is 11.6 Å². The Morgan fingerprint density at radius 2 is 2.25 bits per heavy atom. The van der Waals surface area contributed by atoms with Gasteiger partial charge in [0.15, 0.2) is 11.4 Å². The lowest BCUT2D eigenvalue weighted by molar-refractivity contribution is -0.386. The van der Waals surface area contributed by atoms with Gasteiger partial charge in [-0.1, -0.05) is 0 Å². The molecule has 0 spiro atoms. The summed E-state index contributed by atoms with van der Waals surface area (Å²) in [6.07, 6.45) is 2.78. The zero-order valence-electron chi connectivity index (χ0n) is 12.2. The van der Waals surface area contributed by atoms with Crippen LogP contribution in [0.1, 0.15) is 5.56 Å². The van der Waals surface area contributed by atoms with Gasteiger partial charge in [0.2, 0.25) is 5.75 Å². The quantitative estimate of drug-likeness (QED) is 0.216. The van der Waals surface area contributed by atoms with Crippen LogP contribution in [0.15, 0.2) is 28.5 Å². The average molecular weight is 346 g/mol. The van der Waals surface area contributed by atoms with E-state index in [4.69, 9.17) is 4.74 Å². The Bertz CT molecular complexity index is 970. The Labute approximate surface area is 139 Å². The number of hydrogen-bond donors (Lipinski definition) is 3. The van der Waals surface area contributed by atoms with E-state index in [1.807, 2.05) is 0 Å². The van der Waals surface area contributed by atoms with E-state index in [0.29, 0.717) is 21.8 Å². The molecule has 2 aromatic heterocycles. The molecule has 3 aromatic rings. The van der Waals surface area contributed by atoms with E-state index in [1.165, 1.54) is 25.7 Å². The second kappa shape index (κ2) is 6.12. The minimum absolute atomic E-state index is 0.0366. The summed E-state index contributed by atoms with van der Waals surface area (Å²) in [6.45, 7) is 0. The van der Waals surface area contributed by atoms with E-state index in [1.54, 1.807) is 0 Å². The number of ether oxygens (including phenoxy) is 1. The van der Waals surface area contributed by atoms with Crippen LogP contribution in [0.5, 0.6) is 11.5 Å². The number of nitrogens with one attached hydrogen (secondary N) is 1. The van der Waals surface area contributed by atoms with E-state index in [9.17, 15) is 15.2 Å². The molecule has 0 atom stereocenters. The lowest BCUT2D eigenvalue weighted by Crippen LogP contribution is -1.95. The van der Waals surface area contributed by atoms with Gasteiger partial charge < -0.3 is 14.8 Å². The van der Waals surface area contributed by atoms with Crippen molar-refractivity contribution < 1.29 is 14.8 Å². The molecule has 0 saturated carbocycles. The minimum atomic E-state index is -0.714. The van der Waals surface area contributed by atoms with Crippen LogP contribution < -0.4 is 4.74 Å². The van der Waals surface area contributed by atoms with E-state index >= 15 is 0 Å². The molecule has 0 amide bonds. The molecule has 0 radical (unpaired) electrons. The zero-order chi connectivity index (χ0) is 17.3. The van der Waals surface area contributed by atoms with Gasteiger partial charge in [-0.05, 0) is 6.07 Å². The number of nitro benzene ring substituents is 1. The normalized spacial score (nSPS) is 11.2. The van der Waals surface area contributed by atoms with Crippen molar-refractivity contribution in [3.8, 4) is 11.5 Å². The number of aromatic hydroxyl groups is 1. The summed E-state index contributed by atoms with van der Waals surface area (Å²) in [6, 6.07) is 2.57. The third-order valence-electron chi connectivity index (χ3n) is 3.07. The Morgan fingerprint density at radius 3 is 2.96 bits per heavy atom. The number of H-pyrrole nitrogens is 1. The molecule has 0 saturated heterocycles. The molecule has 3 rings (SSSR count). The fourth-order valence-corrected chi connectivity index (χ4v) is 2.24. The summed E-state index contributed by atoms with van der Waals surface area (Å²) in [5.74, 6) is -0.482. The first kappa shape index (κ1) is 15.7. The van der Waals surface area contributed by atoms with Crippen molar-refractivity contribution in [2.24, 2.45) is 4.99 Å². The molecule has 0 fully saturated rings. The number of fused-ring (bicyclic) bond motifs is 1. The number of hydrogen-bond acceptors (Lipinski definition) is 9. The molecule has 0 aliphatic carbocycles. The van der Waals surface area contributed by atoms with Gasteiger partial charge in [-0.3, -0.25) is 10.1 Å². The molecule has 10 nitrogen and oxygen atoms in total. The smallest absolute Gasteiger partial charge is 0.315 e. The summed E-state index contributed by atoms with van der Waals surface area (Å²) < 4.78 is 4.92. The first-order valence-electron chi connectivity index (χ1n) is 6.49. The molecule has 0 unspecified atom stereocenters. The molecule has 11 heteroatoms. The topological polar surface area (TPSA) is 139 Å². The van der Waals surface area contributed by atoms with E-state index < -0.39 is 16.4 Å². The van der Waals surface area contributed by atoms with Crippen LogP contribution in [0.3, 0.4) is 0 Å². The maximum absolute atomic E-state index is 11.0. The Kier molecular flexibility index (Phi) is 4.00. The molecule has 24 heavy (non-hydrogen) atoms. The molecule has 0 aliphatic heterocycles. The Balaban J connectivity index is 2.01. The van der Waals surface area contributed by atoms with Crippen LogP contribution in [0.2, 0.25) is 0 Å². The van der Waals surface area contributed by atoms with Crippen molar-refractivity contribution in [1.29, 1.82) is 0 Å². The van der Waals surface area contributed by atoms with Gasteiger partial charge in [0, 0.05) is 17.8 Å². The van der Waals surface area contributed by atoms with E-state index in [0.717, 1.165) is 6.07 Å². The number of aliphatic imine (C=N–C) groups is 1. The highest BCUT2D eigenvalue weighted by molar-refractivity contribution is 7.80. The second-order valence-corrected chi connectivity index (χ2v) is 4.98. The number of phenols is 1. The molecular formula is C13H10N6O4S. The number of imidazole rings is 1. The number of phenolic OH excluding ortho intramolecular Hbond substituents is 1.